The molecule has 1 aliphatic heterocycles. The molecule has 2 aliphatic rings. The van der Waals surface area contributed by atoms with Gasteiger partial charge in [-0.05, 0) is 44.4 Å². The molecule has 2 aromatic heterocycles. The second kappa shape index (κ2) is 7.33. The Bertz CT molecular complexity index is 1090. The Morgan fingerprint density at radius 1 is 1.17 bits per heavy atom. The van der Waals surface area contributed by atoms with E-state index in [9.17, 15) is 13.6 Å². The van der Waals surface area contributed by atoms with Crippen molar-refractivity contribution in [3.8, 4) is 0 Å². The van der Waals surface area contributed by atoms with Crippen molar-refractivity contribution in [2.75, 3.05) is 6.54 Å². The summed E-state index contributed by atoms with van der Waals surface area (Å²) in [6, 6.07) is 6.70. The van der Waals surface area contributed by atoms with Crippen LogP contribution in [0.2, 0.25) is 0 Å². The zero-order chi connectivity index (χ0) is 20.0. The number of alkyl halides is 2. The molecule has 0 spiro atoms. The molecule has 0 saturated carbocycles. The van der Waals surface area contributed by atoms with Crippen molar-refractivity contribution in [3.63, 3.8) is 0 Å². The number of aromatic nitrogens is 3. The molecule has 152 valence electrons. The molecule has 1 saturated heterocycles. The SMILES string of the molecule is O=c1c2ccccc2nc(C2CCCN2Cc2nc3c(o2)CCC3)n1CC(F)F. The van der Waals surface area contributed by atoms with Crippen molar-refractivity contribution in [3.05, 3.63) is 57.8 Å². The smallest absolute Gasteiger partial charge is 0.261 e. The van der Waals surface area contributed by atoms with Crippen LogP contribution in [0.5, 0.6) is 0 Å². The molecule has 6 nitrogen and oxygen atoms in total. The maximum Gasteiger partial charge on any atom is 0.261 e. The second-order valence-electron chi connectivity index (χ2n) is 7.75. The van der Waals surface area contributed by atoms with Crippen LogP contribution in [0.4, 0.5) is 8.78 Å². The van der Waals surface area contributed by atoms with Crippen LogP contribution in [-0.2, 0) is 25.9 Å². The molecule has 0 N–H and O–H groups in total. The van der Waals surface area contributed by atoms with Gasteiger partial charge in [-0.3, -0.25) is 14.3 Å². The first kappa shape index (κ1) is 18.4. The van der Waals surface area contributed by atoms with Crippen molar-refractivity contribution < 1.29 is 13.2 Å². The summed E-state index contributed by atoms with van der Waals surface area (Å²) < 4.78 is 33.6. The molecule has 3 aromatic rings. The molecular weight excluding hydrogens is 378 g/mol. The summed E-state index contributed by atoms with van der Waals surface area (Å²) in [4.78, 5) is 24.3. The van der Waals surface area contributed by atoms with Gasteiger partial charge >= 0.3 is 0 Å². The molecule has 5 rings (SSSR count). The first-order chi connectivity index (χ1) is 14.1. The lowest BCUT2D eigenvalue weighted by molar-refractivity contribution is 0.119. The molecule has 29 heavy (non-hydrogen) atoms. The number of halogens is 2. The third-order valence-corrected chi connectivity index (χ3v) is 5.85. The van der Waals surface area contributed by atoms with Crippen molar-refractivity contribution in [2.45, 2.75) is 57.7 Å². The minimum atomic E-state index is -2.63. The Kier molecular flexibility index (Phi) is 4.66. The highest BCUT2D eigenvalue weighted by atomic mass is 19.3. The average molecular weight is 400 g/mol. The fourth-order valence-electron chi connectivity index (χ4n) is 4.55. The summed E-state index contributed by atoms with van der Waals surface area (Å²) in [7, 11) is 0. The number of rotatable bonds is 5. The molecule has 1 fully saturated rings. The summed E-state index contributed by atoms with van der Waals surface area (Å²) in [5.41, 5.74) is 1.17. The van der Waals surface area contributed by atoms with Crippen molar-refractivity contribution in [2.24, 2.45) is 0 Å². The van der Waals surface area contributed by atoms with E-state index in [4.69, 9.17) is 4.42 Å². The molecule has 3 heterocycles. The van der Waals surface area contributed by atoms with Gasteiger partial charge in [-0.15, -0.1) is 0 Å². The Labute approximate surface area is 166 Å². The highest BCUT2D eigenvalue weighted by Crippen LogP contribution is 2.33. The van der Waals surface area contributed by atoms with Crippen LogP contribution in [0.1, 0.15) is 48.5 Å². The van der Waals surface area contributed by atoms with Gasteiger partial charge in [-0.25, -0.2) is 18.7 Å². The van der Waals surface area contributed by atoms with E-state index in [1.807, 2.05) is 0 Å². The average Bonchev–Trinajstić information content (AvgIpc) is 3.40. The van der Waals surface area contributed by atoms with Crippen molar-refractivity contribution in [1.82, 2.24) is 19.4 Å². The van der Waals surface area contributed by atoms with Crippen molar-refractivity contribution >= 4 is 10.9 Å². The standard InChI is InChI=1S/C21H22F2N4O2/c22-18(23)11-27-20(25-14-6-2-1-5-13(14)21(27)28)16-8-4-10-26(16)12-19-24-15-7-3-9-17(15)29-19/h1-2,5-6,16,18H,3-4,7-12H2. The summed E-state index contributed by atoms with van der Waals surface area (Å²) in [6.45, 7) is 0.633. The molecular formula is C21H22F2N4O2. The number of aryl methyl sites for hydroxylation is 2. The molecule has 0 radical (unpaired) electrons. The first-order valence-electron chi connectivity index (χ1n) is 10.1. The lowest BCUT2D eigenvalue weighted by Crippen LogP contribution is -2.33. The highest BCUT2D eigenvalue weighted by Gasteiger charge is 2.32. The second-order valence-corrected chi connectivity index (χ2v) is 7.75. The number of hydrogen-bond donors (Lipinski definition) is 0. The van der Waals surface area contributed by atoms with Gasteiger partial charge in [0.25, 0.3) is 12.0 Å². The van der Waals surface area contributed by atoms with Gasteiger partial charge in [-0.1, -0.05) is 12.1 Å². The molecule has 8 heteroatoms. The van der Waals surface area contributed by atoms with E-state index in [1.165, 1.54) is 0 Å². The first-order valence-corrected chi connectivity index (χ1v) is 10.1. The van der Waals surface area contributed by atoms with Crippen molar-refractivity contribution in [1.29, 1.82) is 0 Å². The number of fused-ring (bicyclic) bond motifs is 2. The number of oxazole rings is 1. The van der Waals surface area contributed by atoms with Crippen LogP contribution in [0.25, 0.3) is 10.9 Å². The monoisotopic (exact) mass is 400 g/mol. The zero-order valence-corrected chi connectivity index (χ0v) is 16.0. The van der Waals surface area contributed by atoms with Gasteiger partial charge < -0.3 is 4.42 Å². The zero-order valence-electron chi connectivity index (χ0n) is 16.0. The number of hydrogen-bond acceptors (Lipinski definition) is 5. The lowest BCUT2D eigenvalue weighted by Gasteiger charge is -2.25. The highest BCUT2D eigenvalue weighted by molar-refractivity contribution is 5.77. The fourth-order valence-corrected chi connectivity index (χ4v) is 4.55. The quantitative estimate of drug-likeness (QED) is 0.656. The predicted octanol–water partition coefficient (Wildman–Crippen LogP) is 3.48. The Morgan fingerprint density at radius 2 is 2.03 bits per heavy atom. The predicted molar refractivity (Wildman–Crippen MR) is 103 cm³/mol. The number of nitrogens with zero attached hydrogens (tertiary/aromatic N) is 4. The van der Waals surface area contributed by atoms with E-state index in [0.29, 0.717) is 29.2 Å². The van der Waals surface area contributed by atoms with E-state index in [1.54, 1.807) is 24.3 Å². The summed E-state index contributed by atoms with van der Waals surface area (Å²) in [5.74, 6) is 2.03. The van der Waals surface area contributed by atoms with Gasteiger partial charge in [0.15, 0.2) is 0 Å². The van der Waals surface area contributed by atoms with Gasteiger partial charge in [0, 0.05) is 6.42 Å². The lowest BCUT2D eigenvalue weighted by atomic mass is 10.1. The third kappa shape index (κ3) is 3.35. The van der Waals surface area contributed by atoms with Gasteiger partial charge in [0.2, 0.25) is 5.89 Å². The third-order valence-electron chi connectivity index (χ3n) is 5.85. The number of likely N-dealkylation sites (tertiary alicyclic amines) is 1. The Morgan fingerprint density at radius 3 is 2.86 bits per heavy atom. The van der Waals surface area contributed by atoms with E-state index in [2.05, 4.69) is 14.9 Å². The summed E-state index contributed by atoms with van der Waals surface area (Å²) in [6.07, 6.45) is 1.99. The topological polar surface area (TPSA) is 64.2 Å². The van der Waals surface area contributed by atoms with Crippen LogP contribution in [0.3, 0.4) is 0 Å². The maximum absolute atomic E-state index is 13.3. The van der Waals surface area contributed by atoms with Crippen LogP contribution in [0, 0.1) is 0 Å². The summed E-state index contributed by atoms with van der Waals surface area (Å²) in [5, 5.41) is 0.366. The van der Waals surface area contributed by atoms with Crippen LogP contribution < -0.4 is 5.56 Å². The molecule has 1 atom stereocenters. The van der Waals surface area contributed by atoms with E-state index in [0.717, 1.165) is 54.7 Å². The maximum atomic E-state index is 13.3. The van der Waals surface area contributed by atoms with Crippen LogP contribution in [-0.4, -0.2) is 32.4 Å². The Balaban J connectivity index is 1.53. The number of benzene rings is 1. The molecule has 1 aliphatic carbocycles. The molecule has 0 amide bonds. The minimum Gasteiger partial charge on any atom is -0.444 e. The van der Waals surface area contributed by atoms with E-state index in [-0.39, 0.29) is 6.04 Å². The van der Waals surface area contributed by atoms with E-state index < -0.39 is 18.5 Å². The molecule has 0 bridgehead atoms. The van der Waals surface area contributed by atoms with Gasteiger partial charge in [0.05, 0.1) is 35.7 Å². The van der Waals surface area contributed by atoms with Gasteiger partial charge in [-0.2, -0.15) is 0 Å². The molecule has 1 aromatic carbocycles. The van der Waals surface area contributed by atoms with Gasteiger partial charge in [0.1, 0.15) is 11.6 Å². The minimum absolute atomic E-state index is 0.215. The van der Waals surface area contributed by atoms with E-state index >= 15 is 0 Å². The largest absolute Gasteiger partial charge is 0.444 e. The summed E-state index contributed by atoms with van der Waals surface area (Å²) >= 11 is 0. The molecule has 1 unspecified atom stereocenters. The normalized spacial score (nSPS) is 19.5. The Hall–Kier alpha value is -2.61. The van der Waals surface area contributed by atoms with Crippen LogP contribution in [0.15, 0.2) is 33.5 Å². The van der Waals surface area contributed by atoms with Crippen LogP contribution >= 0.6 is 0 Å². The number of para-hydroxylation sites is 1. The fraction of sp³-hybridized carbons (Fsp3) is 0.476.